The molecule has 0 spiro atoms. The van der Waals surface area contributed by atoms with Crippen LogP contribution in [0.1, 0.15) is 32.4 Å². The third-order valence-electron chi connectivity index (χ3n) is 4.10. The first kappa shape index (κ1) is 12.0. The number of benzene rings is 1. The first-order chi connectivity index (χ1) is 8.57. The zero-order chi connectivity index (χ0) is 12.8. The summed E-state index contributed by atoms with van der Waals surface area (Å²) in [7, 11) is 0. The summed E-state index contributed by atoms with van der Waals surface area (Å²) in [6, 6.07) is 9.41. The van der Waals surface area contributed by atoms with E-state index in [9.17, 15) is 0 Å². The fourth-order valence-corrected chi connectivity index (χ4v) is 3.05. The minimum Gasteiger partial charge on any atom is -0.491 e. The summed E-state index contributed by atoms with van der Waals surface area (Å²) >= 11 is 0. The summed E-state index contributed by atoms with van der Waals surface area (Å²) < 4.78 is 5.82. The van der Waals surface area contributed by atoms with E-state index >= 15 is 0 Å². The van der Waals surface area contributed by atoms with Crippen LogP contribution in [0.2, 0.25) is 0 Å². The minimum atomic E-state index is 0.185. The van der Waals surface area contributed by atoms with E-state index in [1.807, 2.05) is 6.07 Å². The van der Waals surface area contributed by atoms with Gasteiger partial charge in [-0.3, -0.25) is 4.90 Å². The van der Waals surface area contributed by atoms with Crippen molar-refractivity contribution in [1.29, 1.82) is 0 Å². The third-order valence-corrected chi connectivity index (χ3v) is 4.10. The average molecular weight is 246 g/mol. The van der Waals surface area contributed by atoms with Gasteiger partial charge in [0, 0.05) is 30.2 Å². The highest BCUT2D eigenvalue weighted by Gasteiger charge is 2.38. The zero-order valence-electron chi connectivity index (χ0n) is 11.4. The van der Waals surface area contributed by atoms with Gasteiger partial charge in [0.05, 0.1) is 6.04 Å². The highest BCUT2D eigenvalue weighted by molar-refractivity contribution is 5.39. The topological polar surface area (TPSA) is 24.5 Å². The van der Waals surface area contributed by atoms with Gasteiger partial charge in [0.1, 0.15) is 12.4 Å². The van der Waals surface area contributed by atoms with Crippen LogP contribution in [0.15, 0.2) is 24.3 Å². The van der Waals surface area contributed by atoms with E-state index in [-0.39, 0.29) is 5.54 Å². The Kier molecular flexibility index (Phi) is 2.83. The average Bonchev–Trinajstić information content (AvgIpc) is 2.76. The van der Waals surface area contributed by atoms with Crippen LogP contribution in [0.3, 0.4) is 0 Å². The van der Waals surface area contributed by atoms with Gasteiger partial charge in [0.15, 0.2) is 0 Å². The van der Waals surface area contributed by atoms with Crippen molar-refractivity contribution in [1.82, 2.24) is 10.2 Å². The van der Waals surface area contributed by atoms with Crippen molar-refractivity contribution < 1.29 is 4.74 Å². The predicted molar refractivity (Wildman–Crippen MR) is 72.9 cm³/mol. The Labute approximate surface area is 109 Å². The normalized spacial score (nSPS) is 30.8. The van der Waals surface area contributed by atoms with E-state index in [0.717, 1.165) is 25.4 Å². The van der Waals surface area contributed by atoms with Gasteiger partial charge >= 0.3 is 0 Å². The molecule has 0 amide bonds. The Bertz CT molecular complexity index is 444. The van der Waals surface area contributed by atoms with E-state index < -0.39 is 0 Å². The second-order valence-electron chi connectivity index (χ2n) is 6.15. The molecular weight excluding hydrogens is 224 g/mol. The largest absolute Gasteiger partial charge is 0.491 e. The Balaban J connectivity index is 1.87. The summed E-state index contributed by atoms with van der Waals surface area (Å²) in [4.78, 5) is 2.59. The van der Waals surface area contributed by atoms with Crippen LogP contribution < -0.4 is 10.1 Å². The first-order valence-electron chi connectivity index (χ1n) is 6.79. The molecule has 3 nitrogen and oxygen atoms in total. The SMILES string of the molecule is CC1CNC(C)(C)CN1C1COc2ccccc21. The van der Waals surface area contributed by atoms with Gasteiger partial charge in [-0.25, -0.2) is 0 Å². The predicted octanol–water partition coefficient (Wildman–Crippen LogP) is 2.19. The molecule has 1 aromatic rings. The third kappa shape index (κ3) is 2.02. The molecule has 98 valence electrons. The molecule has 0 radical (unpaired) electrons. The summed E-state index contributed by atoms with van der Waals surface area (Å²) in [5, 5.41) is 3.60. The first-order valence-corrected chi connectivity index (χ1v) is 6.79. The number of nitrogens with one attached hydrogen (secondary N) is 1. The molecule has 2 atom stereocenters. The van der Waals surface area contributed by atoms with Gasteiger partial charge in [-0.1, -0.05) is 18.2 Å². The fraction of sp³-hybridized carbons (Fsp3) is 0.600. The molecule has 0 aromatic heterocycles. The fourth-order valence-electron chi connectivity index (χ4n) is 3.05. The van der Waals surface area contributed by atoms with Crippen molar-refractivity contribution in [3.63, 3.8) is 0 Å². The molecule has 1 N–H and O–H groups in total. The molecule has 1 aromatic carbocycles. The molecule has 0 aliphatic carbocycles. The lowest BCUT2D eigenvalue weighted by atomic mass is 9.95. The van der Waals surface area contributed by atoms with Gasteiger partial charge in [0.25, 0.3) is 0 Å². The van der Waals surface area contributed by atoms with Crippen molar-refractivity contribution in [2.24, 2.45) is 0 Å². The zero-order valence-corrected chi connectivity index (χ0v) is 11.4. The van der Waals surface area contributed by atoms with Crippen LogP contribution in [0.25, 0.3) is 0 Å². The van der Waals surface area contributed by atoms with E-state index in [1.165, 1.54) is 5.56 Å². The number of nitrogens with zero attached hydrogens (tertiary/aromatic N) is 1. The highest BCUT2D eigenvalue weighted by atomic mass is 16.5. The number of para-hydroxylation sites is 1. The van der Waals surface area contributed by atoms with Crippen LogP contribution in [0, 0.1) is 0 Å². The van der Waals surface area contributed by atoms with Crippen LogP contribution in [0.5, 0.6) is 5.75 Å². The second kappa shape index (κ2) is 4.25. The molecule has 0 bridgehead atoms. The quantitative estimate of drug-likeness (QED) is 0.822. The minimum absolute atomic E-state index is 0.185. The molecule has 1 fully saturated rings. The lowest BCUT2D eigenvalue weighted by molar-refractivity contribution is 0.0521. The second-order valence-corrected chi connectivity index (χ2v) is 6.15. The van der Waals surface area contributed by atoms with Crippen molar-refractivity contribution in [3.05, 3.63) is 29.8 Å². The van der Waals surface area contributed by atoms with Crippen LogP contribution in [0.4, 0.5) is 0 Å². The maximum Gasteiger partial charge on any atom is 0.124 e. The smallest absolute Gasteiger partial charge is 0.124 e. The molecule has 2 unspecified atom stereocenters. The Morgan fingerprint density at radius 3 is 2.94 bits per heavy atom. The number of rotatable bonds is 1. The number of hydrogen-bond acceptors (Lipinski definition) is 3. The maximum atomic E-state index is 5.82. The molecule has 3 rings (SSSR count). The van der Waals surface area contributed by atoms with E-state index in [1.54, 1.807) is 0 Å². The molecule has 3 heteroatoms. The number of fused-ring (bicyclic) bond motifs is 1. The van der Waals surface area contributed by atoms with Crippen molar-refractivity contribution >= 4 is 0 Å². The molecule has 0 saturated carbocycles. The van der Waals surface area contributed by atoms with Crippen molar-refractivity contribution in [3.8, 4) is 5.75 Å². The Morgan fingerprint density at radius 1 is 1.33 bits per heavy atom. The van der Waals surface area contributed by atoms with Crippen molar-refractivity contribution in [2.45, 2.75) is 38.4 Å². The standard InChI is InChI=1S/C15H22N2O/c1-11-8-16-15(2,3)10-17(11)13-9-18-14-7-5-4-6-12(13)14/h4-7,11,13,16H,8-10H2,1-3H3. The Hall–Kier alpha value is -1.06. The summed E-state index contributed by atoms with van der Waals surface area (Å²) in [6.45, 7) is 9.74. The molecular formula is C15H22N2O. The molecule has 2 heterocycles. The Morgan fingerprint density at radius 2 is 2.11 bits per heavy atom. The van der Waals surface area contributed by atoms with Crippen LogP contribution in [-0.2, 0) is 0 Å². The summed E-state index contributed by atoms with van der Waals surface area (Å²) in [6.07, 6.45) is 0. The van der Waals surface area contributed by atoms with E-state index in [0.29, 0.717) is 12.1 Å². The summed E-state index contributed by atoms with van der Waals surface area (Å²) in [5.74, 6) is 1.06. The van der Waals surface area contributed by atoms with Gasteiger partial charge in [-0.2, -0.15) is 0 Å². The molecule has 1 saturated heterocycles. The lowest BCUT2D eigenvalue weighted by Gasteiger charge is -2.45. The van der Waals surface area contributed by atoms with Gasteiger partial charge in [-0.05, 0) is 26.8 Å². The van der Waals surface area contributed by atoms with Crippen LogP contribution >= 0.6 is 0 Å². The van der Waals surface area contributed by atoms with E-state index in [2.05, 4.69) is 49.2 Å². The number of hydrogen-bond donors (Lipinski definition) is 1. The molecule has 18 heavy (non-hydrogen) atoms. The molecule has 2 aliphatic rings. The number of piperazine rings is 1. The lowest BCUT2D eigenvalue weighted by Crippen LogP contribution is -2.61. The van der Waals surface area contributed by atoms with Gasteiger partial charge in [0.2, 0.25) is 0 Å². The maximum absolute atomic E-state index is 5.82. The van der Waals surface area contributed by atoms with E-state index in [4.69, 9.17) is 4.74 Å². The van der Waals surface area contributed by atoms with Crippen LogP contribution in [-0.4, -0.2) is 36.2 Å². The summed E-state index contributed by atoms with van der Waals surface area (Å²) in [5.41, 5.74) is 1.53. The van der Waals surface area contributed by atoms with Crippen molar-refractivity contribution in [2.75, 3.05) is 19.7 Å². The van der Waals surface area contributed by atoms with Gasteiger partial charge in [-0.15, -0.1) is 0 Å². The van der Waals surface area contributed by atoms with Gasteiger partial charge < -0.3 is 10.1 Å². The number of ether oxygens (including phenoxy) is 1. The molecule has 2 aliphatic heterocycles. The monoisotopic (exact) mass is 246 g/mol. The highest BCUT2D eigenvalue weighted by Crippen LogP contribution is 2.38.